The Hall–Kier alpha value is -1.44. The van der Waals surface area contributed by atoms with Crippen LogP contribution >= 0.6 is 0 Å². The van der Waals surface area contributed by atoms with Gasteiger partial charge in [-0.3, -0.25) is 0 Å². The summed E-state index contributed by atoms with van der Waals surface area (Å²) in [5, 5.41) is 3.27. The average Bonchev–Trinajstić information content (AvgIpc) is 2.97. The summed E-state index contributed by atoms with van der Waals surface area (Å²) in [5.74, 6) is 1.02. The standard InChI is InChI=1S/C14H17NO/c1-3-11-6-7-14(9-12(11)4-1)16-10-13-5-2-8-15-13/h2,6-9,13,15H,1,3-5,10H2. The van der Waals surface area contributed by atoms with Gasteiger partial charge in [-0.2, -0.15) is 0 Å². The van der Waals surface area contributed by atoms with E-state index in [1.165, 1.54) is 30.4 Å². The van der Waals surface area contributed by atoms with Gasteiger partial charge in [0.25, 0.3) is 0 Å². The third-order valence-corrected chi connectivity index (χ3v) is 3.39. The predicted octanol–water partition coefficient (Wildman–Crippen LogP) is 2.43. The van der Waals surface area contributed by atoms with Gasteiger partial charge >= 0.3 is 0 Å². The maximum atomic E-state index is 5.81. The first kappa shape index (κ1) is 9.76. The van der Waals surface area contributed by atoms with E-state index in [2.05, 4.69) is 29.6 Å². The second kappa shape index (κ2) is 4.20. The smallest absolute Gasteiger partial charge is 0.119 e. The highest BCUT2D eigenvalue weighted by atomic mass is 16.5. The van der Waals surface area contributed by atoms with Gasteiger partial charge in [-0.15, -0.1) is 0 Å². The second-order valence-electron chi connectivity index (χ2n) is 4.60. The van der Waals surface area contributed by atoms with Crippen molar-refractivity contribution in [1.29, 1.82) is 0 Å². The van der Waals surface area contributed by atoms with E-state index in [0.29, 0.717) is 6.04 Å². The summed E-state index contributed by atoms with van der Waals surface area (Å²) >= 11 is 0. The fraction of sp³-hybridized carbons (Fsp3) is 0.429. The Balaban J connectivity index is 1.62. The minimum Gasteiger partial charge on any atom is -0.491 e. The molecule has 0 spiro atoms. The molecule has 1 aliphatic heterocycles. The number of hydrogen-bond acceptors (Lipinski definition) is 2. The molecule has 1 N–H and O–H groups in total. The maximum Gasteiger partial charge on any atom is 0.119 e. The van der Waals surface area contributed by atoms with Crippen LogP contribution in [0.2, 0.25) is 0 Å². The van der Waals surface area contributed by atoms with E-state index in [1.54, 1.807) is 0 Å². The number of hydrogen-bond donors (Lipinski definition) is 1. The lowest BCUT2D eigenvalue weighted by molar-refractivity contribution is 0.280. The average molecular weight is 215 g/mol. The van der Waals surface area contributed by atoms with Crippen LogP contribution in [0.4, 0.5) is 0 Å². The van der Waals surface area contributed by atoms with Gasteiger partial charge in [0.2, 0.25) is 0 Å². The van der Waals surface area contributed by atoms with Crippen LogP contribution in [0.25, 0.3) is 0 Å². The zero-order valence-corrected chi connectivity index (χ0v) is 9.41. The van der Waals surface area contributed by atoms with Crippen molar-refractivity contribution < 1.29 is 4.74 Å². The van der Waals surface area contributed by atoms with Crippen LogP contribution in [-0.4, -0.2) is 12.6 Å². The van der Waals surface area contributed by atoms with Gasteiger partial charge < -0.3 is 10.1 Å². The van der Waals surface area contributed by atoms with E-state index in [1.807, 2.05) is 6.20 Å². The van der Waals surface area contributed by atoms with E-state index in [0.717, 1.165) is 18.8 Å². The number of ether oxygens (including phenoxy) is 1. The number of benzene rings is 1. The van der Waals surface area contributed by atoms with E-state index in [-0.39, 0.29) is 0 Å². The van der Waals surface area contributed by atoms with Gasteiger partial charge in [0.05, 0.1) is 6.04 Å². The molecule has 1 heterocycles. The topological polar surface area (TPSA) is 21.3 Å². The first-order valence-electron chi connectivity index (χ1n) is 6.07. The minimum absolute atomic E-state index is 0.452. The molecule has 3 rings (SSSR count). The number of nitrogens with one attached hydrogen (secondary N) is 1. The third kappa shape index (κ3) is 1.92. The predicted molar refractivity (Wildman–Crippen MR) is 64.6 cm³/mol. The van der Waals surface area contributed by atoms with Crippen molar-refractivity contribution in [2.24, 2.45) is 0 Å². The molecule has 1 unspecified atom stereocenters. The van der Waals surface area contributed by atoms with Crippen molar-refractivity contribution in [2.45, 2.75) is 31.7 Å². The summed E-state index contributed by atoms with van der Waals surface area (Å²) in [4.78, 5) is 0. The van der Waals surface area contributed by atoms with E-state index in [4.69, 9.17) is 4.74 Å². The molecule has 84 valence electrons. The highest BCUT2D eigenvalue weighted by molar-refractivity contribution is 5.38. The number of fused-ring (bicyclic) bond motifs is 1. The molecule has 0 fully saturated rings. The van der Waals surface area contributed by atoms with E-state index in [9.17, 15) is 0 Å². The van der Waals surface area contributed by atoms with Crippen LogP contribution in [0.3, 0.4) is 0 Å². The Morgan fingerprint density at radius 2 is 2.19 bits per heavy atom. The maximum absolute atomic E-state index is 5.81. The molecule has 0 bridgehead atoms. The Kier molecular flexibility index (Phi) is 2.56. The molecule has 1 aromatic rings. The van der Waals surface area contributed by atoms with Crippen molar-refractivity contribution in [3.63, 3.8) is 0 Å². The van der Waals surface area contributed by atoms with E-state index < -0.39 is 0 Å². The van der Waals surface area contributed by atoms with Crippen LogP contribution < -0.4 is 10.1 Å². The van der Waals surface area contributed by atoms with Crippen molar-refractivity contribution in [2.75, 3.05) is 6.61 Å². The summed E-state index contributed by atoms with van der Waals surface area (Å²) < 4.78 is 5.81. The van der Waals surface area contributed by atoms with Crippen LogP contribution in [0, 0.1) is 0 Å². The lowest BCUT2D eigenvalue weighted by Gasteiger charge is -2.13. The van der Waals surface area contributed by atoms with Gasteiger partial charge in [-0.25, -0.2) is 0 Å². The van der Waals surface area contributed by atoms with Gasteiger partial charge in [-0.05, 0) is 55.1 Å². The van der Waals surface area contributed by atoms with Crippen LogP contribution in [0.15, 0.2) is 30.5 Å². The van der Waals surface area contributed by atoms with Gasteiger partial charge in [-0.1, -0.05) is 12.1 Å². The molecule has 2 nitrogen and oxygen atoms in total. The zero-order valence-electron chi connectivity index (χ0n) is 9.41. The fourth-order valence-corrected chi connectivity index (χ4v) is 2.46. The zero-order chi connectivity index (χ0) is 10.8. The van der Waals surface area contributed by atoms with Gasteiger partial charge in [0.15, 0.2) is 0 Å². The molecule has 0 radical (unpaired) electrons. The lowest BCUT2D eigenvalue weighted by atomic mass is 10.1. The Morgan fingerprint density at radius 3 is 3.06 bits per heavy atom. The lowest BCUT2D eigenvalue weighted by Crippen LogP contribution is -2.26. The van der Waals surface area contributed by atoms with E-state index >= 15 is 0 Å². The van der Waals surface area contributed by atoms with Gasteiger partial charge in [0, 0.05) is 0 Å². The molecule has 16 heavy (non-hydrogen) atoms. The molecule has 1 aliphatic carbocycles. The summed E-state index contributed by atoms with van der Waals surface area (Å²) in [6.45, 7) is 0.756. The minimum atomic E-state index is 0.452. The Labute approximate surface area is 96.3 Å². The monoisotopic (exact) mass is 215 g/mol. The number of rotatable bonds is 3. The fourth-order valence-electron chi connectivity index (χ4n) is 2.46. The highest BCUT2D eigenvalue weighted by Crippen LogP contribution is 2.26. The summed E-state index contributed by atoms with van der Waals surface area (Å²) in [6, 6.07) is 6.99. The largest absolute Gasteiger partial charge is 0.491 e. The molecular formula is C14H17NO. The summed E-state index contributed by atoms with van der Waals surface area (Å²) in [7, 11) is 0. The number of aryl methyl sites for hydroxylation is 2. The Morgan fingerprint density at radius 1 is 1.25 bits per heavy atom. The van der Waals surface area contributed by atoms with Crippen molar-refractivity contribution in [3.05, 3.63) is 41.6 Å². The highest BCUT2D eigenvalue weighted by Gasteiger charge is 2.13. The van der Waals surface area contributed by atoms with Crippen molar-refractivity contribution in [1.82, 2.24) is 5.32 Å². The molecule has 1 aromatic carbocycles. The first-order valence-corrected chi connectivity index (χ1v) is 6.07. The molecular weight excluding hydrogens is 198 g/mol. The van der Waals surface area contributed by atoms with Crippen molar-refractivity contribution >= 4 is 0 Å². The third-order valence-electron chi connectivity index (χ3n) is 3.39. The Bertz CT molecular complexity index is 403. The SMILES string of the molecule is C1=CNC(COc2ccc3c(c2)CCC3)C1. The molecule has 0 amide bonds. The second-order valence-corrected chi connectivity index (χ2v) is 4.60. The quantitative estimate of drug-likeness (QED) is 0.836. The molecule has 2 heteroatoms. The molecule has 0 saturated heterocycles. The molecule has 0 saturated carbocycles. The van der Waals surface area contributed by atoms with Crippen LogP contribution in [0.1, 0.15) is 24.0 Å². The summed E-state index contributed by atoms with van der Waals surface area (Å²) in [5.41, 5.74) is 2.99. The summed E-state index contributed by atoms with van der Waals surface area (Å²) in [6.07, 6.45) is 8.99. The molecule has 2 aliphatic rings. The molecule has 1 atom stereocenters. The molecule has 0 aromatic heterocycles. The normalized spacial score (nSPS) is 21.9. The first-order chi connectivity index (χ1) is 7.92. The van der Waals surface area contributed by atoms with Crippen molar-refractivity contribution in [3.8, 4) is 5.75 Å². The van der Waals surface area contributed by atoms with Crippen LogP contribution in [0.5, 0.6) is 5.75 Å². The van der Waals surface area contributed by atoms with Crippen LogP contribution in [-0.2, 0) is 12.8 Å². The van der Waals surface area contributed by atoms with Gasteiger partial charge in [0.1, 0.15) is 12.4 Å².